The van der Waals surface area contributed by atoms with Crippen molar-refractivity contribution in [2.75, 3.05) is 6.61 Å². The first kappa shape index (κ1) is 17.8. The number of hydrogen-bond acceptors (Lipinski definition) is 6. The van der Waals surface area contributed by atoms with Gasteiger partial charge in [0.25, 0.3) is 0 Å². The number of azide groups is 1. The Balaban J connectivity index is 2.02. The van der Waals surface area contributed by atoms with E-state index in [1.165, 1.54) is 6.92 Å². The minimum absolute atomic E-state index is 0.179. The highest BCUT2D eigenvalue weighted by atomic mass is 16.6. The average molecular weight is 329 g/mol. The molecule has 1 aromatic carbocycles. The van der Waals surface area contributed by atoms with E-state index in [4.69, 9.17) is 27.6 Å². The summed E-state index contributed by atoms with van der Waals surface area (Å²) in [5, 5.41) is 3.56. The molecule has 4 atom stereocenters. The maximum absolute atomic E-state index is 12.0. The molecule has 0 N–H and O–H groups in total. The highest BCUT2D eigenvalue weighted by Crippen LogP contribution is 2.26. The van der Waals surface area contributed by atoms with Crippen LogP contribution in [0.5, 0.6) is 0 Å². The van der Waals surface area contributed by atoms with Crippen molar-refractivity contribution in [2.24, 2.45) is 5.11 Å². The van der Waals surface area contributed by atoms with Crippen molar-refractivity contribution in [2.45, 2.75) is 38.1 Å². The third-order valence-corrected chi connectivity index (χ3v) is 3.53. The maximum atomic E-state index is 12.0. The minimum Gasteiger partial charge on any atom is -0.460 e. The third-order valence-electron chi connectivity index (χ3n) is 3.53. The molecule has 0 spiro atoms. The van der Waals surface area contributed by atoms with Gasteiger partial charge in [-0.25, -0.2) is 4.79 Å². The average Bonchev–Trinajstić information content (AvgIpc) is 2.82. The molecular weight excluding hydrogens is 313 g/mol. The molecule has 0 bridgehead atoms. The summed E-state index contributed by atoms with van der Waals surface area (Å²) in [4.78, 5) is 25.9. The first-order valence-corrected chi connectivity index (χ1v) is 7.28. The van der Waals surface area contributed by atoms with Crippen molar-refractivity contribution in [3.63, 3.8) is 0 Å². The van der Waals surface area contributed by atoms with E-state index in [9.17, 15) is 9.59 Å². The molecular formula is C15H16BN3O5. The predicted molar refractivity (Wildman–Crippen MR) is 84.4 cm³/mol. The van der Waals surface area contributed by atoms with Crippen LogP contribution in [0.25, 0.3) is 10.4 Å². The smallest absolute Gasteiger partial charge is 0.338 e. The van der Waals surface area contributed by atoms with Crippen LogP contribution in [0.4, 0.5) is 0 Å². The quantitative estimate of drug-likeness (QED) is 0.268. The van der Waals surface area contributed by atoms with Gasteiger partial charge in [-0.2, -0.15) is 0 Å². The first-order valence-electron chi connectivity index (χ1n) is 7.28. The summed E-state index contributed by atoms with van der Waals surface area (Å²) in [6.07, 6.45) is -1.73. The van der Waals surface area contributed by atoms with Crippen LogP contribution in [0.2, 0.25) is 0 Å². The number of carbonyl (C=O) groups excluding carboxylic acids is 2. The Morgan fingerprint density at radius 3 is 2.62 bits per heavy atom. The summed E-state index contributed by atoms with van der Waals surface area (Å²) in [6, 6.07) is 5.03. The van der Waals surface area contributed by atoms with E-state index in [-0.39, 0.29) is 6.61 Å². The van der Waals surface area contributed by atoms with Crippen LogP contribution in [0.15, 0.2) is 29.4 Å². The van der Waals surface area contributed by atoms with Gasteiger partial charge in [-0.05, 0) is 24.6 Å². The molecule has 24 heavy (non-hydrogen) atoms. The Bertz CT molecular complexity index is 660. The lowest BCUT2D eigenvalue weighted by Crippen LogP contribution is -2.36. The van der Waals surface area contributed by atoms with E-state index in [0.29, 0.717) is 5.56 Å². The normalized spacial score (nSPS) is 25.6. The van der Waals surface area contributed by atoms with Crippen molar-refractivity contribution < 1.29 is 23.8 Å². The fourth-order valence-corrected chi connectivity index (χ4v) is 2.36. The summed E-state index contributed by atoms with van der Waals surface area (Å²) in [5.41, 5.74) is 10.1. The van der Waals surface area contributed by atoms with E-state index >= 15 is 0 Å². The Hall–Kier alpha value is -2.51. The van der Waals surface area contributed by atoms with E-state index < -0.39 is 36.2 Å². The highest BCUT2D eigenvalue weighted by Gasteiger charge is 2.44. The third kappa shape index (κ3) is 4.28. The number of ether oxygens (including phenoxy) is 3. The monoisotopic (exact) mass is 329 g/mol. The van der Waals surface area contributed by atoms with Crippen molar-refractivity contribution >= 4 is 19.8 Å². The SMILES string of the molecule is [B][C@@H]1O[C@H](COC(=O)c2ccc(C)cc2)[C@@H](N=[N+]=[N-])[C@H]1OC(C)=O. The summed E-state index contributed by atoms with van der Waals surface area (Å²) < 4.78 is 15.6. The first-order chi connectivity index (χ1) is 11.4. The molecule has 0 aromatic heterocycles. The van der Waals surface area contributed by atoms with Crippen molar-refractivity contribution in [3.05, 3.63) is 45.8 Å². The van der Waals surface area contributed by atoms with Crippen LogP contribution < -0.4 is 0 Å². The summed E-state index contributed by atoms with van der Waals surface area (Å²) in [6.45, 7) is 2.94. The Kier molecular flexibility index (Phi) is 5.84. The molecule has 1 aromatic rings. The van der Waals surface area contributed by atoms with Gasteiger partial charge in [0.1, 0.15) is 32.7 Å². The molecule has 9 heteroatoms. The molecule has 0 unspecified atom stereocenters. The number of carbonyl (C=O) groups is 2. The zero-order chi connectivity index (χ0) is 17.7. The Labute approximate surface area is 140 Å². The molecule has 0 saturated carbocycles. The number of esters is 2. The van der Waals surface area contributed by atoms with Crippen molar-refractivity contribution in [3.8, 4) is 0 Å². The molecule has 8 nitrogen and oxygen atoms in total. The van der Waals surface area contributed by atoms with Gasteiger partial charge in [0.05, 0.1) is 11.6 Å². The van der Waals surface area contributed by atoms with Crippen LogP contribution in [0.3, 0.4) is 0 Å². The van der Waals surface area contributed by atoms with Gasteiger partial charge in [-0.1, -0.05) is 22.8 Å². The van der Waals surface area contributed by atoms with Crippen LogP contribution in [-0.2, 0) is 19.0 Å². The Morgan fingerprint density at radius 2 is 2.04 bits per heavy atom. The van der Waals surface area contributed by atoms with E-state index in [1.807, 2.05) is 6.92 Å². The Morgan fingerprint density at radius 1 is 1.38 bits per heavy atom. The van der Waals surface area contributed by atoms with Crippen LogP contribution in [0, 0.1) is 6.92 Å². The summed E-state index contributed by atoms with van der Waals surface area (Å²) in [5.74, 6) is -1.11. The standard InChI is InChI=1S/C15H16BN3O5/c1-8-3-5-10(6-4-8)15(21)22-7-11-12(18-19-17)13(14(16)24-11)23-9(2)20/h3-6,11-14H,7H2,1-2H3/t11-,12-,13-,14-/m1/s1. The molecule has 2 radical (unpaired) electrons. The van der Waals surface area contributed by atoms with Gasteiger partial charge in [0.15, 0.2) is 0 Å². The van der Waals surface area contributed by atoms with E-state index in [0.717, 1.165) is 5.56 Å². The van der Waals surface area contributed by atoms with Gasteiger partial charge in [-0.15, -0.1) is 0 Å². The highest BCUT2D eigenvalue weighted by molar-refractivity contribution is 6.11. The topological polar surface area (TPSA) is 111 Å². The number of rotatable bonds is 5. The molecule has 0 amide bonds. The molecule has 1 heterocycles. The fraction of sp³-hybridized carbons (Fsp3) is 0.467. The number of aryl methyl sites for hydroxylation is 1. The van der Waals surface area contributed by atoms with E-state index in [1.54, 1.807) is 24.3 Å². The number of hydrogen-bond donors (Lipinski definition) is 0. The predicted octanol–water partition coefficient (Wildman–Crippen LogP) is 1.66. The second kappa shape index (κ2) is 7.85. The molecule has 1 saturated heterocycles. The van der Waals surface area contributed by atoms with E-state index in [2.05, 4.69) is 10.0 Å². The van der Waals surface area contributed by atoms with Crippen molar-refractivity contribution in [1.29, 1.82) is 0 Å². The van der Waals surface area contributed by atoms with Gasteiger partial charge in [0.2, 0.25) is 0 Å². The molecule has 1 aliphatic heterocycles. The summed E-state index contributed by atoms with van der Waals surface area (Å²) in [7, 11) is 5.75. The lowest BCUT2D eigenvalue weighted by Gasteiger charge is -2.18. The molecule has 1 fully saturated rings. The fourth-order valence-electron chi connectivity index (χ4n) is 2.36. The van der Waals surface area contributed by atoms with Crippen LogP contribution in [0.1, 0.15) is 22.8 Å². The van der Waals surface area contributed by atoms with Crippen LogP contribution in [-0.4, -0.2) is 50.6 Å². The summed E-state index contributed by atoms with van der Waals surface area (Å²) >= 11 is 0. The zero-order valence-electron chi connectivity index (χ0n) is 13.3. The lowest BCUT2D eigenvalue weighted by atomic mass is 9.92. The lowest BCUT2D eigenvalue weighted by molar-refractivity contribution is -0.147. The second-order valence-corrected chi connectivity index (χ2v) is 5.37. The van der Waals surface area contributed by atoms with Gasteiger partial charge in [-0.3, -0.25) is 4.79 Å². The molecule has 0 aliphatic carbocycles. The van der Waals surface area contributed by atoms with Gasteiger partial charge in [0, 0.05) is 11.8 Å². The van der Waals surface area contributed by atoms with Gasteiger partial charge < -0.3 is 14.2 Å². The largest absolute Gasteiger partial charge is 0.460 e. The molecule has 1 aliphatic rings. The number of benzene rings is 1. The van der Waals surface area contributed by atoms with Crippen molar-refractivity contribution in [1.82, 2.24) is 0 Å². The van der Waals surface area contributed by atoms with Gasteiger partial charge >= 0.3 is 11.9 Å². The molecule has 2 rings (SSSR count). The maximum Gasteiger partial charge on any atom is 0.338 e. The number of nitrogens with zero attached hydrogens (tertiary/aromatic N) is 3. The second-order valence-electron chi connectivity index (χ2n) is 5.37. The van der Waals surface area contributed by atoms with Crippen LogP contribution >= 0.6 is 0 Å². The minimum atomic E-state index is -0.965. The molecule has 124 valence electrons. The zero-order valence-corrected chi connectivity index (χ0v) is 13.3.